The van der Waals surface area contributed by atoms with Gasteiger partial charge in [-0.1, -0.05) is 121 Å². The molecule has 0 bridgehead atoms. The summed E-state index contributed by atoms with van der Waals surface area (Å²) in [5.74, 6) is 1.98. The maximum absolute atomic E-state index is 5.64. The second-order valence-corrected chi connectivity index (χ2v) is 19.1. The van der Waals surface area contributed by atoms with Crippen molar-refractivity contribution in [1.82, 2.24) is 19.5 Å². The Labute approximate surface area is 366 Å². The van der Waals surface area contributed by atoms with Crippen LogP contribution in [0.15, 0.2) is 182 Å². The minimum absolute atomic E-state index is 0.650. The molecule has 0 aliphatic carbocycles. The van der Waals surface area contributed by atoms with Gasteiger partial charge < -0.3 is 4.57 Å². The molecule has 7 heteroatoms. The predicted octanol–water partition coefficient (Wildman–Crippen LogP) is 16.2. The lowest BCUT2D eigenvalue weighted by Crippen LogP contribution is -2.04. The Morgan fingerprint density at radius 2 is 0.855 bits per heavy atom. The summed E-state index contributed by atoms with van der Waals surface area (Å²) >= 11 is 5.42. The van der Waals surface area contributed by atoms with Crippen LogP contribution in [0.1, 0.15) is 0 Å². The predicted molar refractivity (Wildman–Crippen MR) is 267 cm³/mol. The molecule has 14 rings (SSSR count). The molecule has 0 atom stereocenters. The Hall–Kier alpha value is -7.29. The third-order valence-electron chi connectivity index (χ3n) is 12.5. The first-order valence-corrected chi connectivity index (χ1v) is 23.1. The lowest BCUT2D eigenvalue weighted by atomic mass is 10.0. The summed E-state index contributed by atoms with van der Waals surface area (Å²) in [7, 11) is 0. The highest BCUT2D eigenvalue weighted by Gasteiger charge is 2.25. The zero-order valence-corrected chi connectivity index (χ0v) is 35.3. The van der Waals surface area contributed by atoms with E-state index in [0.29, 0.717) is 17.5 Å². The third kappa shape index (κ3) is 4.95. The summed E-state index contributed by atoms with van der Waals surface area (Å²) < 4.78 is 9.70. The van der Waals surface area contributed by atoms with E-state index in [1.807, 2.05) is 11.3 Å². The van der Waals surface area contributed by atoms with Gasteiger partial charge in [-0.3, -0.25) is 0 Å². The summed E-state index contributed by atoms with van der Waals surface area (Å²) in [6.07, 6.45) is 0. The molecule has 0 saturated heterocycles. The molecule has 9 aromatic carbocycles. The van der Waals surface area contributed by atoms with Crippen molar-refractivity contribution < 1.29 is 0 Å². The van der Waals surface area contributed by atoms with Gasteiger partial charge in [0.2, 0.25) is 0 Å². The minimum atomic E-state index is 0.650. The molecule has 0 unspecified atom stereocenters. The zero-order chi connectivity index (χ0) is 40.5. The molecule has 0 aliphatic rings. The molecular weight excluding hydrogens is 813 g/mol. The van der Waals surface area contributed by atoms with Crippen molar-refractivity contribution in [1.29, 1.82) is 0 Å². The third-order valence-corrected chi connectivity index (χ3v) is 16.0. The van der Waals surface area contributed by atoms with Gasteiger partial charge in [0.05, 0.1) is 22.3 Å². The van der Waals surface area contributed by atoms with Crippen LogP contribution in [0.25, 0.3) is 133 Å². The second kappa shape index (κ2) is 13.1. The summed E-state index contributed by atoms with van der Waals surface area (Å²) in [4.78, 5) is 16.8. The number of hydrogen-bond donors (Lipinski definition) is 0. The Morgan fingerprint density at radius 3 is 1.52 bits per heavy atom. The molecule has 0 amide bonds. The van der Waals surface area contributed by atoms with E-state index in [0.717, 1.165) is 38.8 Å². The topological polar surface area (TPSA) is 43.6 Å². The molecule has 0 fully saturated rings. The van der Waals surface area contributed by atoms with Crippen molar-refractivity contribution in [3.63, 3.8) is 0 Å². The van der Waals surface area contributed by atoms with Crippen LogP contribution in [-0.2, 0) is 0 Å². The Morgan fingerprint density at radius 1 is 0.339 bits per heavy atom. The van der Waals surface area contributed by atoms with Crippen molar-refractivity contribution in [3.05, 3.63) is 182 Å². The van der Waals surface area contributed by atoms with E-state index >= 15 is 0 Å². The van der Waals surface area contributed by atoms with Crippen molar-refractivity contribution >= 4 is 127 Å². The fraction of sp³-hybridized carbons (Fsp3) is 0. The number of fused-ring (bicyclic) bond motifs is 13. The lowest BCUT2D eigenvalue weighted by molar-refractivity contribution is 1.07. The lowest BCUT2D eigenvalue weighted by Gasteiger charge is -2.16. The van der Waals surface area contributed by atoms with Gasteiger partial charge in [-0.15, -0.1) is 34.0 Å². The molecule has 0 aliphatic heterocycles. The normalized spacial score (nSPS) is 12.2. The average molecular weight is 843 g/mol. The van der Waals surface area contributed by atoms with Crippen LogP contribution >= 0.6 is 34.0 Å². The number of aromatic nitrogens is 4. The molecule has 5 aromatic heterocycles. The van der Waals surface area contributed by atoms with E-state index < -0.39 is 0 Å². The van der Waals surface area contributed by atoms with Crippen LogP contribution in [0, 0.1) is 0 Å². The molecule has 4 nitrogen and oxygen atoms in total. The number of nitrogens with zero attached hydrogens (tertiary/aromatic N) is 4. The Balaban J connectivity index is 1.15. The molecule has 0 radical (unpaired) electrons. The Kier molecular flexibility index (Phi) is 7.28. The van der Waals surface area contributed by atoms with Gasteiger partial charge in [-0.2, -0.15) is 0 Å². The van der Waals surface area contributed by atoms with Gasteiger partial charge in [0.25, 0.3) is 0 Å². The van der Waals surface area contributed by atoms with E-state index in [-0.39, 0.29) is 0 Å². The van der Waals surface area contributed by atoms with Crippen LogP contribution in [-0.4, -0.2) is 19.5 Å². The van der Waals surface area contributed by atoms with Gasteiger partial charge in [0, 0.05) is 82.4 Å². The SMILES string of the molecule is c1ccc2cc3c(cc2c1)c1ccccc1n3-c1ccc2sc3ccccc3c2c1-c1nc(-c2cccc3c2sc2ccccc23)nc(-c2cccc3c2sc2ccccc23)n1. The van der Waals surface area contributed by atoms with Crippen molar-refractivity contribution in [2.24, 2.45) is 0 Å². The second-order valence-electron chi connectivity index (χ2n) is 15.9. The first-order valence-electron chi connectivity index (χ1n) is 20.7. The molecule has 0 spiro atoms. The number of benzene rings is 9. The molecule has 0 N–H and O–H groups in total. The van der Waals surface area contributed by atoms with Crippen LogP contribution in [0.4, 0.5) is 0 Å². The highest BCUT2D eigenvalue weighted by atomic mass is 32.1. The highest BCUT2D eigenvalue weighted by molar-refractivity contribution is 7.27. The van der Waals surface area contributed by atoms with Crippen LogP contribution in [0.3, 0.4) is 0 Å². The molecule has 14 aromatic rings. The Bertz CT molecular complexity index is 4060. The summed E-state index contributed by atoms with van der Waals surface area (Å²) in [6.45, 7) is 0. The summed E-state index contributed by atoms with van der Waals surface area (Å²) in [6, 6.07) is 65.9. The van der Waals surface area contributed by atoms with Crippen molar-refractivity contribution in [3.8, 4) is 39.9 Å². The number of thiophene rings is 3. The quantitative estimate of drug-likeness (QED) is 0.177. The largest absolute Gasteiger partial charge is 0.308 e. The van der Waals surface area contributed by atoms with Crippen LogP contribution in [0.5, 0.6) is 0 Å². The fourth-order valence-electron chi connectivity index (χ4n) is 9.71. The first kappa shape index (κ1) is 34.4. The number of hydrogen-bond acceptors (Lipinski definition) is 6. The van der Waals surface area contributed by atoms with Crippen molar-refractivity contribution in [2.45, 2.75) is 0 Å². The van der Waals surface area contributed by atoms with E-state index in [4.69, 9.17) is 15.0 Å². The van der Waals surface area contributed by atoms with E-state index in [9.17, 15) is 0 Å². The van der Waals surface area contributed by atoms with Crippen LogP contribution in [0.2, 0.25) is 0 Å². The van der Waals surface area contributed by atoms with Gasteiger partial charge in [-0.05, 0) is 71.4 Å². The van der Waals surface area contributed by atoms with E-state index in [1.54, 1.807) is 22.7 Å². The van der Waals surface area contributed by atoms with Gasteiger partial charge in [-0.25, -0.2) is 15.0 Å². The molecule has 0 saturated carbocycles. The van der Waals surface area contributed by atoms with Gasteiger partial charge in [0.15, 0.2) is 17.5 Å². The maximum Gasteiger partial charge on any atom is 0.166 e. The molecule has 5 heterocycles. The minimum Gasteiger partial charge on any atom is -0.308 e. The van der Waals surface area contributed by atoms with E-state index in [1.165, 1.54) is 76.7 Å². The fourth-order valence-corrected chi connectivity index (χ4v) is 13.2. The van der Waals surface area contributed by atoms with Gasteiger partial charge >= 0.3 is 0 Å². The molecular formula is C55H30N4S3. The van der Waals surface area contributed by atoms with E-state index in [2.05, 4.69) is 187 Å². The standard InChI is InChI=1S/C55H30N4S3/c1-2-14-32-30-44-41(29-31(32)13-1)33-15-3-7-23-42(33)59(44)43-27-28-48-49(38-18-6-10-26-47(38)60-48)50(43)55-57-53(39-21-11-19-36-34-16-4-8-24-45(34)61-51(36)39)56-54(58-55)40-22-12-20-37-35-17-5-9-25-46(35)62-52(37)40/h1-30H. The van der Waals surface area contributed by atoms with Crippen molar-refractivity contribution in [2.75, 3.05) is 0 Å². The van der Waals surface area contributed by atoms with Crippen LogP contribution < -0.4 is 0 Å². The highest BCUT2D eigenvalue weighted by Crippen LogP contribution is 2.47. The maximum atomic E-state index is 5.64. The molecule has 62 heavy (non-hydrogen) atoms. The van der Waals surface area contributed by atoms with Gasteiger partial charge in [0.1, 0.15) is 0 Å². The summed E-state index contributed by atoms with van der Waals surface area (Å²) in [5.41, 5.74) is 6.31. The number of para-hydroxylation sites is 1. The monoisotopic (exact) mass is 842 g/mol. The number of rotatable bonds is 4. The molecule has 288 valence electrons. The smallest absolute Gasteiger partial charge is 0.166 e. The first-order chi connectivity index (χ1) is 30.7. The average Bonchev–Trinajstić information content (AvgIpc) is 4.09. The zero-order valence-electron chi connectivity index (χ0n) is 32.8. The summed E-state index contributed by atoms with van der Waals surface area (Å²) in [5, 5.41) is 12.1.